The number of hydrogen-bond acceptors (Lipinski definition) is 4. The van der Waals surface area contributed by atoms with E-state index in [0.717, 1.165) is 45.6 Å². The largest absolute Gasteiger partial charge is 0.352 e. The van der Waals surface area contributed by atoms with Crippen LogP contribution in [0.25, 0.3) is 22.4 Å². The van der Waals surface area contributed by atoms with Gasteiger partial charge in [0.15, 0.2) is 0 Å². The van der Waals surface area contributed by atoms with E-state index < -0.39 is 0 Å². The zero-order valence-electron chi connectivity index (χ0n) is 18.7. The highest BCUT2D eigenvalue weighted by Gasteiger charge is 2.20. The Morgan fingerprint density at radius 1 is 1.12 bits per heavy atom. The first-order valence-electron chi connectivity index (χ1n) is 11.1. The molecule has 0 saturated heterocycles. The molecule has 32 heavy (non-hydrogen) atoms. The Bertz CT molecular complexity index is 1360. The normalized spacial score (nSPS) is 16.7. The molecule has 1 aromatic carbocycles. The third kappa shape index (κ3) is 3.94. The molecule has 1 N–H and O–H groups in total. The lowest BCUT2D eigenvalue weighted by atomic mass is 10.0. The minimum absolute atomic E-state index is 0.170. The van der Waals surface area contributed by atoms with Gasteiger partial charge in [0.1, 0.15) is 0 Å². The molecule has 5 nitrogen and oxygen atoms in total. The number of hydrogen-bond donors (Lipinski definition) is 1. The lowest BCUT2D eigenvalue weighted by Crippen LogP contribution is -2.19. The molecular weight excluding hydrogens is 394 g/mol. The second-order valence-electron chi connectivity index (χ2n) is 8.53. The summed E-state index contributed by atoms with van der Waals surface area (Å²) in [5.41, 5.74) is 7.31. The molecule has 2 heterocycles. The quantitative estimate of drug-likeness (QED) is 0.409. The van der Waals surface area contributed by atoms with E-state index in [1.807, 2.05) is 24.4 Å². The van der Waals surface area contributed by atoms with Crippen molar-refractivity contribution in [2.75, 3.05) is 5.32 Å². The van der Waals surface area contributed by atoms with E-state index in [1.54, 1.807) is 6.20 Å². The van der Waals surface area contributed by atoms with Gasteiger partial charge in [-0.3, -0.25) is 9.98 Å². The predicted octanol–water partition coefficient (Wildman–Crippen LogP) is 6.04. The van der Waals surface area contributed by atoms with E-state index in [1.165, 1.54) is 5.57 Å². The van der Waals surface area contributed by atoms with Crippen LogP contribution in [-0.2, 0) is 0 Å². The molecule has 0 radical (unpaired) electrons. The van der Waals surface area contributed by atoms with Gasteiger partial charge in [0.2, 0.25) is 0 Å². The summed E-state index contributed by atoms with van der Waals surface area (Å²) in [6.07, 6.45) is 11.4. The smallest absolute Gasteiger partial charge is 0.0897 e. The van der Waals surface area contributed by atoms with Gasteiger partial charge in [0.05, 0.1) is 51.4 Å². The Morgan fingerprint density at radius 2 is 2.00 bits per heavy atom. The molecule has 1 unspecified atom stereocenters. The number of anilines is 2. The molecule has 0 amide bonds. The van der Waals surface area contributed by atoms with Crippen molar-refractivity contribution in [3.05, 3.63) is 90.1 Å². The molecule has 5 heteroatoms. The third-order valence-electron chi connectivity index (χ3n) is 5.67. The van der Waals surface area contributed by atoms with E-state index in [-0.39, 0.29) is 12.1 Å². The summed E-state index contributed by atoms with van der Waals surface area (Å²) in [6.45, 7) is 6.35. The van der Waals surface area contributed by atoms with Gasteiger partial charge < -0.3 is 9.88 Å². The Balaban J connectivity index is 1.77. The van der Waals surface area contributed by atoms with Crippen molar-refractivity contribution in [1.29, 1.82) is 0 Å². The molecule has 1 aromatic heterocycles. The van der Waals surface area contributed by atoms with Gasteiger partial charge in [-0.1, -0.05) is 35.9 Å². The van der Waals surface area contributed by atoms with E-state index in [0.29, 0.717) is 0 Å². The molecular formula is C27H27N5. The van der Waals surface area contributed by atoms with Gasteiger partial charge >= 0.3 is 0 Å². The molecule has 2 aliphatic carbocycles. The van der Waals surface area contributed by atoms with E-state index in [2.05, 4.69) is 84.2 Å². The zero-order chi connectivity index (χ0) is 22.1. The summed E-state index contributed by atoms with van der Waals surface area (Å²) in [6, 6.07) is 17.0. The molecule has 0 fully saturated rings. The Morgan fingerprint density at radius 3 is 2.75 bits per heavy atom. The van der Waals surface area contributed by atoms with Crippen LogP contribution in [0.1, 0.15) is 33.2 Å². The van der Waals surface area contributed by atoms with Crippen molar-refractivity contribution in [2.45, 2.75) is 39.3 Å². The summed E-state index contributed by atoms with van der Waals surface area (Å²) in [5.74, 6) is 0. The van der Waals surface area contributed by atoms with Crippen molar-refractivity contribution >= 4 is 22.4 Å². The van der Waals surface area contributed by atoms with Gasteiger partial charge in [-0.2, -0.15) is 0 Å². The second-order valence-corrected chi connectivity index (χ2v) is 8.53. The van der Waals surface area contributed by atoms with Gasteiger partial charge in [-0.25, -0.2) is 4.98 Å². The maximum absolute atomic E-state index is 5.01. The van der Waals surface area contributed by atoms with Crippen LogP contribution in [0.5, 0.6) is 0 Å². The fourth-order valence-corrected chi connectivity index (χ4v) is 4.21. The average Bonchev–Trinajstić information content (AvgIpc) is 2.79. The van der Waals surface area contributed by atoms with E-state index in [9.17, 15) is 0 Å². The number of allylic oxidation sites excluding steroid dienone is 4. The van der Waals surface area contributed by atoms with Crippen LogP contribution in [0.15, 0.2) is 89.7 Å². The first-order valence-corrected chi connectivity index (χ1v) is 11.1. The van der Waals surface area contributed by atoms with Gasteiger partial charge in [0.25, 0.3) is 0 Å². The number of para-hydroxylation sites is 2. The van der Waals surface area contributed by atoms with Crippen LogP contribution >= 0.6 is 0 Å². The minimum Gasteiger partial charge on any atom is -0.352 e. The van der Waals surface area contributed by atoms with Crippen LogP contribution in [0.2, 0.25) is 0 Å². The van der Waals surface area contributed by atoms with Crippen LogP contribution in [0.4, 0.5) is 11.4 Å². The fraction of sp³-hybridized carbons (Fsp3) is 0.222. The SMILES string of the molecule is CC1=CCC(n2c3cc(=NC(C)C)c(Nc4cccnc4)cc-3nc3ccccc32)C=C1. The monoisotopic (exact) mass is 421 g/mol. The van der Waals surface area contributed by atoms with Crippen molar-refractivity contribution in [1.82, 2.24) is 14.5 Å². The molecule has 3 aliphatic rings. The van der Waals surface area contributed by atoms with Crippen LogP contribution in [0.3, 0.4) is 0 Å². The molecule has 0 bridgehead atoms. The van der Waals surface area contributed by atoms with Crippen molar-refractivity contribution in [2.24, 2.45) is 4.99 Å². The lowest BCUT2D eigenvalue weighted by molar-refractivity contribution is 0.624. The highest BCUT2D eigenvalue weighted by Crippen LogP contribution is 2.33. The van der Waals surface area contributed by atoms with Gasteiger partial charge in [-0.05, 0) is 63.6 Å². The van der Waals surface area contributed by atoms with Crippen molar-refractivity contribution < 1.29 is 0 Å². The Labute approximate surface area is 188 Å². The maximum atomic E-state index is 5.01. The summed E-state index contributed by atoms with van der Waals surface area (Å²) < 4.78 is 2.41. The summed E-state index contributed by atoms with van der Waals surface area (Å²) in [5, 5.41) is 4.42. The van der Waals surface area contributed by atoms with Gasteiger partial charge in [-0.15, -0.1) is 0 Å². The maximum Gasteiger partial charge on any atom is 0.0897 e. The number of fused-ring (bicyclic) bond motifs is 2. The first-order chi connectivity index (χ1) is 15.6. The van der Waals surface area contributed by atoms with Crippen LogP contribution < -0.4 is 10.7 Å². The summed E-state index contributed by atoms with van der Waals surface area (Å²) in [7, 11) is 0. The highest BCUT2D eigenvalue weighted by atomic mass is 15.1. The summed E-state index contributed by atoms with van der Waals surface area (Å²) >= 11 is 0. The fourth-order valence-electron chi connectivity index (χ4n) is 4.21. The average molecular weight is 422 g/mol. The molecule has 160 valence electrons. The second kappa shape index (κ2) is 8.42. The number of nitrogens with one attached hydrogen (secondary N) is 1. The molecule has 0 spiro atoms. The van der Waals surface area contributed by atoms with Crippen molar-refractivity contribution in [3.63, 3.8) is 0 Å². The third-order valence-corrected chi connectivity index (χ3v) is 5.67. The van der Waals surface area contributed by atoms with Crippen LogP contribution in [-0.4, -0.2) is 20.6 Å². The van der Waals surface area contributed by atoms with E-state index in [4.69, 9.17) is 9.98 Å². The Hall–Kier alpha value is -3.73. The number of pyridine rings is 1. The zero-order valence-corrected chi connectivity index (χ0v) is 18.7. The molecule has 1 atom stereocenters. The number of nitrogens with zero attached hydrogens (tertiary/aromatic N) is 4. The number of rotatable bonds is 4. The summed E-state index contributed by atoms with van der Waals surface area (Å²) in [4.78, 5) is 14.2. The van der Waals surface area contributed by atoms with Crippen molar-refractivity contribution in [3.8, 4) is 11.4 Å². The lowest BCUT2D eigenvalue weighted by Gasteiger charge is -2.26. The minimum atomic E-state index is 0.170. The topological polar surface area (TPSA) is 55.1 Å². The standard InChI is InChI=1S/C27H27N5/c1-18(2)29-24-16-27-25(15-23(24)30-20-7-6-14-28-17-20)31-22-8-4-5-9-26(22)32(27)21-12-10-19(3)11-13-21/h4-12,14-18,21,30H,13H2,1-3H3. The molecule has 1 aliphatic heterocycles. The van der Waals surface area contributed by atoms with E-state index >= 15 is 0 Å². The molecule has 5 rings (SSSR count). The number of benzene rings is 2. The molecule has 2 aromatic rings. The number of aromatic nitrogens is 3. The molecule has 0 saturated carbocycles. The predicted molar refractivity (Wildman–Crippen MR) is 131 cm³/mol. The van der Waals surface area contributed by atoms with Gasteiger partial charge in [0, 0.05) is 12.2 Å². The van der Waals surface area contributed by atoms with Crippen LogP contribution in [0, 0.1) is 0 Å². The highest BCUT2D eigenvalue weighted by molar-refractivity contribution is 5.82. The first kappa shape index (κ1) is 20.2. The Kier molecular flexibility index (Phi) is 5.31.